The summed E-state index contributed by atoms with van der Waals surface area (Å²) in [5.41, 5.74) is 0.443. The van der Waals surface area contributed by atoms with Gasteiger partial charge in [-0.15, -0.1) is 10.2 Å². The fourth-order valence-electron chi connectivity index (χ4n) is 3.82. The van der Waals surface area contributed by atoms with E-state index in [9.17, 15) is 19.1 Å². The maximum absolute atomic E-state index is 13.1. The fraction of sp³-hybridized carbons (Fsp3) is 0.333. The van der Waals surface area contributed by atoms with Crippen molar-refractivity contribution in [2.75, 3.05) is 0 Å². The van der Waals surface area contributed by atoms with Crippen LogP contribution in [-0.4, -0.2) is 42.8 Å². The van der Waals surface area contributed by atoms with Gasteiger partial charge in [0.25, 0.3) is 5.91 Å². The second-order valence-electron chi connectivity index (χ2n) is 7.68. The van der Waals surface area contributed by atoms with Crippen molar-refractivity contribution in [1.82, 2.24) is 19.7 Å². The molecule has 1 N–H and O–H groups in total. The van der Waals surface area contributed by atoms with Crippen LogP contribution in [0.5, 0.6) is 5.75 Å². The average Bonchev–Trinajstić information content (AvgIpc) is 3.14. The molecule has 30 heavy (non-hydrogen) atoms. The molecule has 0 spiro atoms. The number of halogens is 1. The summed E-state index contributed by atoms with van der Waals surface area (Å²) in [5, 5.41) is 19.8. The van der Waals surface area contributed by atoms with E-state index in [-0.39, 0.29) is 35.1 Å². The third kappa shape index (κ3) is 3.49. The molecule has 0 bridgehead atoms. The molecule has 0 saturated carbocycles. The minimum atomic E-state index is -0.641. The molecule has 1 unspecified atom stereocenters. The van der Waals surface area contributed by atoms with Crippen LogP contribution in [0.3, 0.4) is 0 Å². The Labute approximate surface area is 176 Å². The number of nitrogens with zero attached hydrogens (tertiary/aromatic N) is 4. The fourth-order valence-corrected chi connectivity index (χ4v) is 4.70. The highest BCUT2D eigenvalue weighted by atomic mass is 32.1. The number of amides is 1. The summed E-state index contributed by atoms with van der Waals surface area (Å²) >= 11 is 1.23. The molecule has 1 aliphatic rings. The number of fused-ring (bicyclic) bond motifs is 1. The van der Waals surface area contributed by atoms with E-state index in [2.05, 4.69) is 10.2 Å². The van der Waals surface area contributed by atoms with Crippen LogP contribution in [-0.2, 0) is 13.0 Å². The predicted octanol–water partition coefficient (Wildman–Crippen LogP) is 3.06. The van der Waals surface area contributed by atoms with Gasteiger partial charge in [0.1, 0.15) is 10.8 Å². The van der Waals surface area contributed by atoms with Crippen LogP contribution in [0.15, 0.2) is 35.3 Å². The molecular formula is C21H21FN4O3S. The molecule has 7 nitrogen and oxygen atoms in total. The summed E-state index contributed by atoms with van der Waals surface area (Å²) in [6, 6.07) is 5.97. The maximum Gasteiger partial charge on any atom is 0.275 e. The van der Waals surface area contributed by atoms with E-state index in [1.54, 1.807) is 27.8 Å². The monoisotopic (exact) mass is 428 g/mol. The Morgan fingerprint density at radius 2 is 1.93 bits per heavy atom. The van der Waals surface area contributed by atoms with Crippen molar-refractivity contribution in [3.05, 3.63) is 62.8 Å². The summed E-state index contributed by atoms with van der Waals surface area (Å²) in [7, 11) is 0. The Balaban J connectivity index is 1.70. The molecule has 1 aromatic carbocycles. The molecule has 0 aliphatic carbocycles. The van der Waals surface area contributed by atoms with Gasteiger partial charge in [0.2, 0.25) is 5.43 Å². The predicted molar refractivity (Wildman–Crippen MR) is 111 cm³/mol. The van der Waals surface area contributed by atoms with Gasteiger partial charge in [-0.25, -0.2) is 4.39 Å². The summed E-state index contributed by atoms with van der Waals surface area (Å²) in [6.45, 7) is 6.19. The number of pyridine rings is 1. The number of aromatic hydroxyl groups is 1. The van der Waals surface area contributed by atoms with E-state index < -0.39 is 11.2 Å². The molecule has 156 valence electrons. The highest BCUT2D eigenvalue weighted by Gasteiger charge is 2.35. The number of hydrogen-bond acceptors (Lipinski definition) is 6. The molecular weight excluding hydrogens is 407 g/mol. The molecule has 3 aromatic rings. The second kappa shape index (κ2) is 7.64. The number of carbonyl (C=O) groups is 1. The van der Waals surface area contributed by atoms with Gasteiger partial charge in [-0.3, -0.25) is 9.59 Å². The van der Waals surface area contributed by atoms with E-state index in [1.165, 1.54) is 23.5 Å². The van der Waals surface area contributed by atoms with E-state index in [1.807, 2.05) is 20.8 Å². The zero-order chi connectivity index (χ0) is 21.6. The van der Waals surface area contributed by atoms with Gasteiger partial charge in [0.15, 0.2) is 16.5 Å². The van der Waals surface area contributed by atoms with Crippen LogP contribution in [0, 0.1) is 5.82 Å². The average molecular weight is 428 g/mol. The summed E-state index contributed by atoms with van der Waals surface area (Å²) < 4.78 is 14.7. The number of hydrogen-bond donors (Lipinski definition) is 1. The molecule has 0 fully saturated rings. The van der Waals surface area contributed by atoms with Crippen LogP contribution in [0.4, 0.5) is 4.39 Å². The first-order valence-electron chi connectivity index (χ1n) is 9.62. The van der Waals surface area contributed by atoms with Gasteiger partial charge < -0.3 is 14.6 Å². The van der Waals surface area contributed by atoms with E-state index >= 15 is 0 Å². The number of benzene rings is 1. The lowest BCUT2D eigenvalue weighted by molar-refractivity contribution is 0.0531. The quantitative estimate of drug-likeness (QED) is 0.690. The first-order chi connectivity index (χ1) is 14.3. The maximum atomic E-state index is 13.1. The summed E-state index contributed by atoms with van der Waals surface area (Å²) in [4.78, 5) is 27.4. The second-order valence-corrected chi connectivity index (χ2v) is 8.74. The molecule has 1 aliphatic heterocycles. The summed E-state index contributed by atoms with van der Waals surface area (Å²) in [6.07, 6.45) is 2.03. The molecule has 0 saturated heterocycles. The lowest BCUT2D eigenvalue weighted by Gasteiger charge is -2.38. The molecule has 1 atom stereocenters. The standard InChI is InChI=1S/C21H21FN4O3S/c1-11(2)26-12(3)9-25-10-15(18(27)19(28)17(25)21(26)29)20-24-23-16(30-20)8-13-4-6-14(22)7-5-13/h4-7,10-12,28H,8-9H2,1-3H3. The van der Waals surface area contributed by atoms with Gasteiger partial charge in [0.05, 0.1) is 5.56 Å². The van der Waals surface area contributed by atoms with Crippen LogP contribution in [0.25, 0.3) is 10.6 Å². The van der Waals surface area contributed by atoms with E-state index in [0.717, 1.165) is 5.56 Å². The smallest absolute Gasteiger partial charge is 0.275 e. The number of rotatable bonds is 4. The Hall–Kier alpha value is -3.07. The highest BCUT2D eigenvalue weighted by Crippen LogP contribution is 2.29. The number of carbonyl (C=O) groups excluding carboxylic acids is 1. The van der Waals surface area contributed by atoms with Gasteiger partial charge in [-0.05, 0) is 38.5 Å². The van der Waals surface area contributed by atoms with Crippen molar-refractivity contribution < 1.29 is 14.3 Å². The Kier molecular flexibility index (Phi) is 5.15. The molecule has 0 radical (unpaired) electrons. The van der Waals surface area contributed by atoms with E-state index in [0.29, 0.717) is 23.0 Å². The minimum absolute atomic E-state index is 0.00611. The van der Waals surface area contributed by atoms with Crippen LogP contribution < -0.4 is 5.43 Å². The molecule has 9 heteroatoms. The Morgan fingerprint density at radius 3 is 2.60 bits per heavy atom. The third-order valence-electron chi connectivity index (χ3n) is 5.15. The number of aromatic nitrogens is 3. The molecule has 4 rings (SSSR count). The molecule has 2 aromatic heterocycles. The van der Waals surface area contributed by atoms with Crippen molar-refractivity contribution in [3.63, 3.8) is 0 Å². The first kappa shape index (κ1) is 20.2. The van der Waals surface area contributed by atoms with Gasteiger partial charge in [-0.2, -0.15) is 0 Å². The minimum Gasteiger partial charge on any atom is -0.503 e. The summed E-state index contributed by atoms with van der Waals surface area (Å²) in [5.74, 6) is -1.24. The van der Waals surface area contributed by atoms with Crippen LogP contribution >= 0.6 is 11.3 Å². The van der Waals surface area contributed by atoms with Gasteiger partial charge in [-0.1, -0.05) is 23.5 Å². The Bertz CT molecular complexity index is 1170. The third-order valence-corrected chi connectivity index (χ3v) is 6.11. The van der Waals surface area contributed by atoms with Crippen molar-refractivity contribution in [3.8, 4) is 16.3 Å². The van der Waals surface area contributed by atoms with Crippen molar-refractivity contribution >= 4 is 17.2 Å². The normalized spacial score (nSPS) is 16.2. The zero-order valence-corrected chi connectivity index (χ0v) is 17.6. The SMILES string of the molecule is CC(C)N1C(=O)c2c(O)c(=O)c(-c3nnc(Cc4ccc(F)cc4)s3)cn2CC1C. The van der Waals surface area contributed by atoms with E-state index in [4.69, 9.17) is 0 Å². The Morgan fingerprint density at radius 1 is 1.23 bits per heavy atom. The van der Waals surface area contributed by atoms with Crippen molar-refractivity contribution in [1.29, 1.82) is 0 Å². The lowest BCUT2D eigenvalue weighted by atomic mass is 10.1. The van der Waals surface area contributed by atoms with Gasteiger partial charge >= 0.3 is 0 Å². The van der Waals surface area contributed by atoms with Crippen LogP contribution in [0.1, 0.15) is 41.8 Å². The molecule has 3 heterocycles. The zero-order valence-electron chi connectivity index (χ0n) is 16.8. The van der Waals surface area contributed by atoms with Gasteiger partial charge in [0, 0.05) is 31.2 Å². The van der Waals surface area contributed by atoms with Crippen LogP contribution in [0.2, 0.25) is 0 Å². The van der Waals surface area contributed by atoms with Crippen molar-refractivity contribution in [2.24, 2.45) is 0 Å². The topological polar surface area (TPSA) is 88.3 Å². The first-order valence-corrected chi connectivity index (χ1v) is 10.4. The molecule has 1 amide bonds. The van der Waals surface area contributed by atoms with Crippen molar-refractivity contribution in [2.45, 2.75) is 45.8 Å². The largest absolute Gasteiger partial charge is 0.503 e. The lowest BCUT2D eigenvalue weighted by Crippen LogP contribution is -2.50. The highest BCUT2D eigenvalue weighted by molar-refractivity contribution is 7.14.